The van der Waals surface area contributed by atoms with Gasteiger partial charge in [0.15, 0.2) is 0 Å². The lowest BCUT2D eigenvalue weighted by molar-refractivity contribution is 0.799. The molecule has 0 atom stereocenters. The van der Waals surface area contributed by atoms with Gasteiger partial charge < -0.3 is 4.98 Å². The average Bonchev–Trinajstić information content (AvgIpc) is 2.61. The fourth-order valence-electron chi connectivity index (χ4n) is 1.94. The predicted octanol–water partition coefficient (Wildman–Crippen LogP) is 2.18. The maximum Gasteiger partial charge on any atom is 0.259 e. The minimum Gasteiger partial charge on any atom is -0.321 e. The Labute approximate surface area is 99.0 Å². The number of rotatable bonds is 0. The van der Waals surface area contributed by atoms with Crippen molar-refractivity contribution in [3.8, 4) is 0 Å². The number of aryl methyl sites for hydroxylation is 1. The van der Waals surface area contributed by atoms with E-state index in [-0.39, 0.29) is 5.56 Å². The number of aromatic nitrogens is 3. The molecule has 1 N–H and O–H groups in total. The highest BCUT2D eigenvalue weighted by Crippen LogP contribution is 2.23. The molecule has 4 nitrogen and oxygen atoms in total. The number of pyridine rings is 1. The third-order valence-corrected chi connectivity index (χ3v) is 3.16. The van der Waals surface area contributed by atoms with Crippen molar-refractivity contribution in [3.05, 3.63) is 39.2 Å². The van der Waals surface area contributed by atoms with Crippen LogP contribution in [0.15, 0.2) is 33.7 Å². The van der Waals surface area contributed by atoms with Crippen molar-refractivity contribution >= 4 is 37.7 Å². The first-order valence-electron chi connectivity index (χ1n) is 4.80. The van der Waals surface area contributed by atoms with Crippen LogP contribution in [0.4, 0.5) is 0 Å². The lowest BCUT2D eigenvalue weighted by Crippen LogP contribution is -2.06. The molecule has 0 spiro atoms. The topological polar surface area (TPSA) is 50.7 Å². The van der Waals surface area contributed by atoms with Gasteiger partial charge in [-0.05, 0) is 18.2 Å². The minimum absolute atomic E-state index is 0.103. The number of fused-ring (bicyclic) bond motifs is 3. The Bertz CT molecular complexity index is 757. The van der Waals surface area contributed by atoms with E-state index in [0.29, 0.717) is 5.39 Å². The van der Waals surface area contributed by atoms with Crippen LogP contribution in [-0.2, 0) is 7.05 Å². The summed E-state index contributed by atoms with van der Waals surface area (Å²) in [7, 11) is 1.84. The fraction of sp³-hybridized carbons (Fsp3) is 0.0909. The first kappa shape index (κ1) is 9.59. The van der Waals surface area contributed by atoms with Crippen molar-refractivity contribution in [2.45, 2.75) is 0 Å². The van der Waals surface area contributed by atoms with E-state index in [1.54, 1.807) is 10.9 Å². The lowest BCUT2D eigenvalue weighted by Gasteiger charge is -2.02. The monoisotopic (exact) mass is 277 g/mol. The van der Waals surface area contributed by atoms with Gasteiger partial charge in [-0.1, -0.05) is 15.9 Å². The maximum absolute atomic E-state index is 11.8. The first-order chi connectivity index (χ1) is 7.66. The standard InChI is InChI=1S/C11H8BrN3O/c1-15-10-7-3-2-6(12)4-9(7)14-11(16)8(10)5-13-15/h2-5H,1H3,(H,14,16). The summed E-state index contributed by atoms with van der Waals surface area (Å²) < 4.78 is 2.66. The van der Waals surface area contributed by atoms with Gasteiger partial charge >= 0.3 is 0 Å². The molecule has 2 heterocycles. The van der Waals surface area contributed by atoms with Gasteiger partial charge in [-0.15, -0.1) is 0 Å². The highest BCUT2D eigenvalue weighted by molar-refractivity contribution is 9.10. The number of hydrogen-bond donors (Lipinski definition) is 1. The average molecular weight is 278 g/mol. The molecule has 0 radical (unpaired) electrons. The molecule has 0 amide bonds. The summed E-state index contributed by atoms with van der Waals surface area (Å²) in [5.41, 5.74) is 1.58. The predicted molar refractivity (Wildman–Crippen MR) is 66.5 cm³/mol. The minimum atomic E-state index is -0.103. The van der Waals surface area contributed by atoms with Crippen LogP contribution >= 0.6 is 15.9 Å². The van der Waals surface area contributed by atoms with E-state index in [9.17, 15) is 4.79 Å². The smallest absolute Gasteiger partial charge is 0.259 e. The van der Waals surface area contributed by atoms with Gasteiger partial charge in [0.05, 0.1) is 22.6 Å². The number of nitrogens with one attached hydrogen (secondary N) is 1. The van der Waals surface area contributed by atoms with Crippen molar-refractivity contribution in [2.24, 2.45) is 7.05 Å². The Balaban J connectivity index is 2.67. The highest BCUT2D eigenvalue weighted by Gasteiger charge is 2.09. The summed E-state index contributed by atoms with van der Waals surface area (Å²) in [6.07, 6.45) is 1.59. The molecule has 0 fully saturated rings. The Morgan fingerprint density at radius 3 is 3.00 bits per heavy atom. The SMILES string of the molecule is Cn1ncc2c(=O)[nH]c3cc(Br)ccc3c21. The van der Waals surface area contributed by atoms with E-state index < -0.39 is 0 Å². The van der Waals surface area contributed by atoms with Gasteiger partial charge in [0.1, 0.15) is 0 Å². The molecule has 3 aromatic rings. The van der Waals surface area contributed by atoms with Crippen LogP contribution in [-0.4, -0.2) is 14.8 Å². The third kappa shape index (κ3) is 1.21. The molecule has 2 aromatic heterocycles. The number of benzene rings is 1. The van der Waals surface area contributed by atoms with Crippen molar-refractivity contribution < 1.29 is 0 Å². The van der Waals surface area contributed by atoms with Gasteiger partial charge in [0.2, 0.25) is 0 Å². The molecular weight excluding hydrogens is 270 g/mol. The van der Waals surface area contributed by atoms with Gasteiger partial charge in [0, 0.05) is 16.9 Å². The summed E-state index contributed by atoms with van der Waals surface area (Å²) in [4.78, 5) is 14.6. The van der Waals surface area contributed by atoms with Crippen molar-refractivity contribution in [3.63, 3.8) is 0 Å². The first-order valence-corrected chi connectivity index (χ1v) is 5.59. The van der Waals surface area contributed by atoms with Crippen LogP contribution in [0.25, 0.3) is 21.8 Å². The number of halogens is 1. The maximum atomic E-state index is 11.8. The molecule has 0 saturated carbocycles. The zero-order valence-electron chi connectivity index (χ0n) is 8.49. The van der Waals surface area contributed by atoms with Crippen LogP contribution in [0.1, 0.15) is 0 Å². The van der Waals surface area contributed by atoms with Crippen molar-refractivity contribution in [1.29, 1.82) is 0 Å². The summed E-state index contributed by atoms with van der Waals surface area (Å²) in [5.74, 6) is 0. The van der Waals surface area contributed by atoms with Crippen molar-refractivity contribution in [1.82, 2.24) is 14.8 Å². The molecule has 3 rings (SSSR count). The van der Waals surface area contributed by atoms with Gasteiger partial charge in [-0.3, -0.25) is 9.48 Å². The van der Waals surface area contributed by atoms with Gasteiger partial charge in [-0.25, -0.2) is 0 Å². The third-order valence-electron chi connectivity index (χ3n) is 2.67. The van der Waals surface area contributed by atoms with E-state index in [2.05, 4.69) is 26.0 Å². The summed E-state index contributed by atoms with van der Waals surface area (Å²) in [6.45, 7) is 0. The van der Waals surface area contributed by atoms with Crippen molar-refractivity contribution in [2.75, 3.05) is 0 Å². The second-order valence-corrected chi connectivity index (χ2v) is 4.59. The normalized spacial score (nSPS) is 11.4. The zero-order valence-corrected chi connectivity index (χ0v) is 10.1. The molecule has 0 aliphatic rings. The Kier molecular flexibility index (Phi) is 1.91. The molecule has 0 bridgehead atoms. The van der Waals surface area contributed by atoms with E-state index in [1.165, 1.54) is 0 Å². The lowest BCUT2D eigenvalue weighted by atomic mass is 10.2. The molecular formula is C11H8BrN3O. The second-order valence-electron chi connectivity index (χ2n) is 3.67. The molecule has 80 valence electrons. The van der Waals surface area contributed by atoms with Crippen LogP contribution in [0.3, 0.4) is 0 Å². The second kappa shape index (κ2) is 3.18. The zero-order chi connectivity index (χ0) is 11.3. The molecule has 5 heteroatoms. The fourth-order valence-corrected chi connectivity index (χ4v) is 2.30. The molecule has 0 aliphatic carbocycles. The summed E-state index contributed by atoms with van der Waals surface area (Å²) >= 11 is 3.39. The largest absolute Gasteiger partial charge is 0.321 e. The molecule has 0 unspecified atom stereocenters. The van der Waals surface area contributed by atoms with Crippen LogP contribution in [0, 0.1) is 0 Å². The highest BCUT2D eigenvalue weighted by atomic mass is 79.9. The Hall–Kier alpha value is -1.62. The van der Waals surface area contributed by atoms with E-state index >= 15 is 0 Å². The van der Waals surface area contributed by atoms with Gasteiger partial charge in [0.25, 0.3) is 5.56 Å². The molecule has 16 heavy (non-hydrogen) atoms. The van der Waals surface area contributed by atoms with E-state index in [1.807, 2.05) is 25.2 Å². The summed E-state index contributed by atoms with van der Waals surface area (Å²) in [6, 6.07) is 5.82. The van der Waals surface area contributed by atoms with E-state index in [4.69, 9.17) is 0 Å². The van der Waals surface area contributed by atoms with Crippen LogP contribution < -0.4 is 5.56 Å². The van der Waals surface area contributed by atoms with Crippen LogP contribution in [0.2, 0.25) is 0 Å². The Morgan fingerprint density at radius 2 is 2.19 bits per heavy atom. The number of nitrogens with zero attached hydrogens (tertiary/aromatic N) is 2. The van der Waals surface area contributed by atoms with Crippen LogP contribution in [0.5, 0.6) is 0 Å². The summed E-state index contributed by atoms with van der Waals surface area (Å²) in [5, 5.41) is 5.73. The molecule has 1 aromatic carbocycles. The number of hydrogen-bond acceptors (Lipinski definition) is 2. The molecule has 0 aliphatic heterocycles. The quantitative estimate of drug-likeness (QED) is 0.685. The number of aromatic amines is 1. The van der Waals surface area contributed by atoms with E-state index in [0.717, 1.165) is 20.9 Å². The molecule has 0 saturated heterocycles. The number of H-pyrrole nitrogens is 1. The Morgan fingerprint density at radius 1 is 1.38 bits per heavy atom. The van der Waals surface area contributed by atoms with Gasteiger partial charge in [-0.2, -0.15) is 5.10 Å².